The number of carbonyl (C=O) groups excluding carboxylic acids is 1. The van der Waals surface area contributed by atoms with Crippen LogP contribution in [0.4, 0.5) is 16.3 Å². The molecule has 0 spiro atoms. The summed E-state index contributed by atoms with van der Waals surface area (Å²) in [5, 5.41) is 6.00. The molecule has 184 valence electrons. The molecular formula is C28H30N6O2. The number of urea groups is 1. The summed E-state index contributed by atoms with van der Waals surface area (Å²) in [7, 11) is 0. The minimum absolute atomic E-state index is 0.0298. The van der Waals surface area contributed by atoms with Crippen LogP contribution in [0.15, 0.2) is 71.7 Å². The number of anilines is 2. The number of fused-ring (bicyclic) bond motifs is 1. The minimum Gasteiger partial charge on any atom is -0.352 e. The summed E-state index contributed by atoms with van der Waals surface area (Å²) in [5.74, 6) is 0.436. The third-order valence-corrected chi connectivity index (χ3v) is 6.67. The molecule has 3 heterocycles. The number of benzene rings is 2. The maximum Gasteiger partial charge on any atom is 0.319 e. The van der Waals surface area contributed by atoms with Crippen molar-refractivity contribution in [3.63, 3.8) is 0 Å². The number of hydrogen-bond acceptors (Lipinski definition) is 5. The van der Waals surface area contributed by atoms with Crippen molar-refractivity contribution in [3.8, 4) is 0 Å². The predicted molar refractivity (Wildman–Crippen MR) is 143 cm³/mol. The zero-order valence-corrected chi connectivity index (χ0v) is 20.6. The maximum absolute atomic E-state index is 13.6. The third kappa shape index (κ3) is 5.07. The van der Waals surface area contributed by atoms with E-state index in [9.17, 15) is 9.59 Å². The summed E-state index contributed by atoms with van der Waals surface area (Å²) in [5.41, 5.74) is 5.15. The van der Waals surface area contributed by atoms with Gasteiger partial charge in [0.1, 0.15) is 5.52 Å². The quantitative estimate of drug-likeness (QED) is 0.444. The van der Waals surface area contributed by atoms with Gasteiger partial charge in [-0.2, -0.15) is 0 Å². The van der Waals surface area contributed by atoms with Crippen LogP contribution in [0.3, 0.4) is 0 Å². The van der Waals surface area contributed by atoms with Crippen LogP contribution in [0.5, 0.6) is 0 Å². The van der Waals surface area contributed by atoms with E-state index in [1.54, 1.807) is 10.8 Å². The Balaban J connectivity index is 1.31. The Morgan fingerprint density at radius 1 is 1.00 bits per heavy atom. The Morgan fingerprint density at radius 3 is 2.50 bits per heavy atom. The molecule has 8 heteroatoms. The molecule has 0 unspecified atom stereocenters. The lowest BCUT2D eigenvalue weighted by Crippen LogP contribution is -2.47. The fourth-order valence-electron chi connectivity index (χ4n) is 4.58. The molecule has 0 radical (unpaired) electrons. The first-order valence-corrected chi connectivity index (χ1v) is 12.3. The number of aromatic nitrogens is 3. The van der Waals surface area contributed by atoms with Gasteiger partial charge in [0.15, 0.2) is 11.5 Å². The van der Waals surface area contributed by atoms with Gasteiger partial charge in [0.25, 0.3) is 5.56 Å². The van der Waals surface area contributed by atoms with Gasteiger partial charge in [-0.25, -0.2) is 14.8 Å². The molecule has 1 fully saturated rings. The van der Waals surface area contributed by atoms with E-state index in [-0.39, 0.29) is 17.6 Å². The van der Waals surface area contributed by atoms with Crippen LogP contribution in [0.2, 0.25) is 0 Å². The van der Waals surface area contributed by atoms with Crippen molar-refractivity contribution in [1.29, 1.82) is 0 Å². The van der Waals surface area contributed by atoms with E-state index in [0.717, 1.165) is 29.7 Å². The van der Waals surface area contributed by atoms with Gasteiger partial charge in [-0.05, 0) is 56.0 Å². The van der Waals surface area contributed by atoms with Crippen molar-refractivity contribution >= 4 is 28.7 Å². The van der Waals surface area contributed by atoms with Crippen molar-refractivity contribution in [2.75, 3.05) is 23.3 Å². The molecule has 2 amide bonds. The molecule has 0 bridgehead atoms. The van der Waals surface area contributed by atoms with E-state index in [0.29, 0.717) is 36.6 Å². The first-order chi connectivity index (χ1) is 17.5. The van der Waals surface area contributed by atoms with Crippen LogP contribution in [-0.2, 0) is 6.54 Å². The van der Waals surface area contributed by atoms with Crippen molar-refractivity contribution in [2.45, 2.75) is 39.3 Å². The number of nitrogens with one attached hydrogen (secondary N) is 2. The maximum atomic E-state index is 13.6. The monoisotopic (exact) mass is 482 g/mol. The number of carbonyl (C=O) groups is 1. The zero-order chi connectivity index (χ0) is 25.1. The Hall–Kier alpha value is -4.20. The number of rotatable bonds is 5. The Bertz CT molecular complexity index is 1440. The summed E-state index contributed by atoms with van der Waals surface area (Å²) in [6.45, 7) is 5.70. The van der Waals surface area contributed by atoms with Crippen molar-refractivity contribution < 1.29 is 4.79 Å². The van der Waals surface area contributed by atoms with Crippen molar-refractivity contribution in [1.82, 2.24) is 19.9 Å². The second kappa shape index (κ2) is 10.2. The fraction of sp³-hybridized carbons (Fsp3) is 0.286. The smallest absolute Gasteiger partial charge is 0.319 e. The van der Waals surface area contributed by atoms with Gasteiger partial charge in [0.2, 0.25) is 0 Å². The van der Waals surface area contributed by atoms with E-state index < -0.39 is 0 Å². The predicted octanol–water partition coefficient (Wildman–Crippen LogP) is 4.25. The third-order valence-electron chi connectivity index (χ3n) is 6.67. The molecule has 2 aromatic carbocycles. The van der Waals surface area contributed by atoms with Gasteiger partial charge in [-0.15, -0.1) is 0 Å². The van der Waals surface area contributed by atoms with Crippen LogP contribution >= 0.6 is 0 Å². The number of nitrogens with zero attached hydrogens (tertiary/aromatic N) is 4. The number of pyridine rings is 1. The van der Waals surface area contributed by atoms with E-state index in [1.807, 2.05) is 79.4 Å². The highest BCUT2D eigenvalue weighted by atomic mass is 16.2. The first kappa shape index (κ1) is 23.5. The molecule has 4 aromatic rings. The topological polar surface area (TPSA) is 92.2 Å². The number of piperidine rings is 1. The van der Waals surface area contributed by atoms with Crippen molar-refractivity contribution in [3.05, 3.63) is 93.9 Å². The summed E-state index contributed by atoms with van der Waals surface area (Å²) in [6.07, 6.45) is 3.14. The largest absolute Gasteiger partial charge is 0.352 e. The lowest BCUT2D eigenvalue weighted by Gasteiger charge is -2.33. The molecule has 1 aliphatic rings. The van der Waals surface area contributed by atoms with Crippen LogP contribution < -0.4 is 21.1 Å². The average Bonchev–Trinajstić information content (AvgIpc) is 2.89. The highest BCUT2D eigenvalue weighted by Crippen LogP contribution is 2.19. The average molecular weight is 483 g/mol. The first-order valence-electron chi connectivity index (χ1n) is 12.3. The van der Waals surface area contributed by atoms with Crippen molar-refractivity contribution in [2.24, 2.45) is 0 Å². The Labute approximate surface area is 210 Å². The molecule has 0 aliphatic carbocycles. The fourth-order valence-corrected chi connectivity index (χ4v) is 4.58. The van der Waals surface area contributed by atoms with E-state index in [4.69, 9.17) is 4.98 Å². The summed E-state index contributed by atoms with van der Waals surface area (Å²) in [6, 6.07) is 19.4. The second-order valence-corrected chi connectivity index (χ2v) is 9.33. The minimum atomic E-state index is -0.210. The van der Waals surface area contributed by atoms with Crippen LogP contribution in [0.1, 0.15) is 29.5 Å². The summed E-state index contributed by atoms with van der Waals surface area (Å²) in [4.78, 5) is 37.3. The van der Waals surface area contributed by atoms with E-state index >= 15 is 0 Å². The Morgan fingerprint density at radius 2 is 1.75 bits per heavy atom. The van der Waals surface area contributed by atoms with Crippen LogP contribution in [0, 0.1) is 13.8 Å². The van der Waals surface area contributed by atoms with Crippen LogP contribution in [0.25, 0.3) is 11.2 Å². The molecule has 36 heavy (non-hydrogen) atoms. The summed E-state index contributed by atoms with van der Waals surface area (Å²) >= 11 is 0. The van der Waals surface area contributed by atoms with Gasteiger partial charge in [0, 0.05) is 31.0 Å². The number of aryl methyl sites for hydroxylation is 2. The summed E-state index contributed by atoms with van der Waals surface area (Å²) < 4.78 is 1.71. The van der Waals surface area contributed by atoms with Crippen LogP contribution in [-0.4, -0.2) is 39.7 Å². The molecule has 1 saturated heterocycles. The molecule has 2 N–H and O–H groups in total. The highest BCUT2D eigenvalue weighted by Gasteiger charge is 2.25. The number of hydrogen-bond donors (Lipinski definition) is 2. The zero-order valence-electron chi connectivity index (χ0n) is 20.6. The van der Waals surface area contributed by atoms with E-state index in [2.05, 4.69) is 15.6 Å². The molecule has 0 atom stereocenters. The second-order valence-electron chi connectivity index (χ2n) is 9.33. The SMILES string of the molecule is Cc1ccc(Cn2c(=O)c(N3CCC(NC(=O)Nc4ccccc4C)CC3)nc3cccnc32)cc1. The number of amides is 2. The van der Waals surface area contributed by atoms with Gasteiger partial charge >= 0.3 is 6.03 Å². The lowest BCUT2D eigenvalue weighted by atomic mass is 10.1. The molecule has 2 aromatic heterocycles. The standard InChI is InChI=1S/C28H30N6O2/c1-19-9-11-21(12-10-19)18-34-25-24(8-5-15-29-25)31-26(27(34)35)33-16-13-22(14-17-33)30-28(36)32-23-7-4-3-6-20(23)2/h3-12,15,22H,13-14,16-18H2,1-2H3,(H2,30,32,36). The molecule has 8 nitrogen and oxygen atoms in total. The normalized spacial score (nSPS) is 14.1. The molecule has 5 rings (SSSR count). The van der Waals surface area contributed by atoms with Gasteiger partial charge in [-0.1, -0.05) is 48.0 Å². The highest BCUT2D eigenvalue weighted by molar-refractivity contribution is 5.90. The number of para-hydroxylation sites is 1. The Kier molecular flexibility index (Phi) is 6.66. The molecule has 0 saturated carbocycles. The molecular weight excluding hydrogens is 452 g/mol. The van der Waals surface area contributed by atoms with E-state index in [1.165, 1.54) is 5.56 Å². The van der Waals surface area contributed by atoms with Gasteiger partial charge in [-0.3, -0.25) is 9.36 Å². The lowest BCUT2D eigenvalue weighted by molar-refractivity contribution is 0.246. The molecule has 1 aliphatic heterocycles. The van der Waals surface area contributed by atoms with Gasteiger partial charge in [0.05, 0.1) is 6.54 Å². The van der Waals surface area contributed by atoms with Gasteiger partial charge < -0.3 is 15.5 Å².